The maximum atomic E-state index is 11.2. The van der Waals surface area contributed by atoms with E-state index in [0.29, 0.717) is 0 Å². The van der Waals surface area contributed by atoms with Crippen molar-refractivity contribution in [3.63, 3.8) is 0 Å². The molecule has 0 aliphatic rings. The van der Waals surface area contributed by atoms with Crippen LogP contribution in [0.25, 0.3) is 0 Å². The number of hydrogen-bond acceptors (Lipinski definition) is 3. The number of hydrogen-bond donors (Lipinski definition) is 2. The van der Waals surface area contributed by atoms with Gasteiger partial charge in [-0.1, -0.05) is 18.2 Å². The van der Waals surface area contributed by atoms with Crippen molar-refractivity contribution in [3.8, 4) is 0 Å². The predicted octanol–water partition coefficient (Wildman–Crippen LogP) is 2.16. The summed E-state index contributed by atoms with van der Waals surface area (Å²) in [5, 5.41) is 2.14. The lowest BCUT2D eigenvalue weighted by Gasteiger charge is -2.09. The summed E-state index contributed by atoms with van der Waals surface area (Å²) in [7, 11) is 0. The van der Waals surface area contributed by atoms with E-state index in [1.165, 1.54) is 18.9 Å². The van der Waals surface area contributed by atoms with E-state index >= 15 is 0 Å². The Hall–Kier alpha value is -1.49. The van der Waals surface area contributed by atoms with Gasteiger partial charge in [-0.15, -0.1) is 0 Å². The lowest BCUT2D eigenvalue weighted by molar-refractivity contribution is -0.117. The lowest BCUT2D eigenvalue weighted by atomic mass is 10.2. The molecule has 0 atom stereocenters. The zero-order valence-corrected chi connectivity index (χ0v) is 10.3. The smallest absolute Gasteiger partial charge is 0.278 e. The van der Waals surface area contributed by atoms with Crippen LogP contribution in [0.3, 0.4) is 0 Å². The fourth-order valence-corrected chi connectivity index (χ4v) is 1.95. The minimum atomic E-state index is -0.500. The van der Waals surface area contributed by atoms with Gasteiger partial charge in [0.05, 0.1) is 0 Å². The van der Waals surface area contributed by atoms with Crippen LogP contribution >= 0.6 is 11.9 Å². The first-order valence-electron chi connectivity index (χ1n) is 4.81. The second-order valence-electron chi connectivity index (χ2n) is 3.44. The van der Waals surface area contributed by atoms with Crippen molar-refractivity contribution < 1.29 is 9.59 Å². The monoisotopic (exact) mass is 238 g/mol. The van der Waals surface area contributed by atoms with Crippen molar-refractivity contribution in [1.29, 1.82) is 0 Å². The largest absolute Gasteiger partial charge is 0.331 e. The summed E-state index contributed by atoms with van der Waals surface area (Å²) >= 11 is 1.21. The minimum Gasteiger partial charge on any atom is -0.278 e. The third-order valence-electron chi connectivity index (χ3n) is 1.94. The van der Waals surface area contributed by atoms with Crippen molar-refractivity contribution in [2.75, 3.05) is 0 Å². The lowest BCUT2D eigenvalue weighted by Crippen LogP contribution is -2.34. The summed E-state index contributed by atoms with van der Waals surface area (Å²) in [6, 6.07) is 5.41. The van der Waals surface area contributed by atoms with Crippen molar-refractivity contribution in [1.82, 2.24) is 10.0 Å². The van der Waals surface area contributed by atoms with Gasteiger partial charge in [-0.25, -0.2) is 4.79 Å². The van der Waals surface area contributed by atoms with Gasteiger partial charge in [-0.2, -0.15) is 0 Å². The molecular formula is C11H14N2O2S. The molecule has 5 heteroatoms. The van der Waals surface area contributed by atoms with Gasteiger partial charge in [0.1, 0.15) is 0 Å². The van der Waals surface area contributed by atoms with E-state index in [1.54, 1.807) is 0 Å². The summed E-state index contributed by atoms with van der Waals surface area (Å²) in [5.74, 6) is -0.375. The molecule has 86 valence electrons. The number of amides is 3. The Kier molecular flexibility index (Phi) is 4.37. The van der Waals surface area contributed by atoms with Crippen molar-refractivity contribution >= 4 is 23.9 Å². The Balaban J connectivity index is 2.61. The Bertz CT molecular complexity index is 398. The van der Waals surface area contributed by atoms with Gasteiger partial charge in [0.2, 0.25) is 5.91 Å². The maximum Gasteiger partial charge on any atom is 0.331 e. The second-order valence-corrected chi connectivity index (χ2v) is 4.25. The number of carbonyl (C=O) groups excluding carboxylic acids is 2. The highest BCUT2D eigenvalue weighted by molar-refractivity contribution is 7.98. The van der Waals surface area contributed by atoms with Gasteiger partial charge < -0.3 is 0 Å². The van der Waals surface area contributed by atoms with Crippen LogP contribution in [0.4, 0.5) is 4.79 Å². The number of rotatable bonds is 2. The molecule has 1 aromatic carbocycles. The average molecular weight is 238 g/mol. The van der Waals surface area contributed by atoms with Crippen molar-refractivity contribution in [3.05, 3.63) is 29.3 Å². The molecule has 0 spiro atoms. The topological polar surface area (TPSA) is 58.2 Å². The summed E-state index contributed by atoms with van der Waals surface area (Å²) in [6.07, 6.45) is 0. The minimum absolute atomic E-state index is 0.375. The molecule has 0 fully saturated rings. The van der Waals surface area contributed by atoms with Gasteiger partial charge in [0.15, 0.2) is 0 Å². The third kappa shape index (κ3) is 3.58. The molecule has 0 saturated carbocycles. The van der Waals surface area contributed by atoms with Crippen LogP contribution in [0.15, 0.2) is 23.1 Å². The molecule has 1 rings (SSSR count). The highest BCUT2D eigenvalue weighted by Gasteiger charge is 2.06. The maximum absolute atomic E-state index is 11.2. The van der Waals surface area contributed by atoms with Gasteiger partial charge in [-0.3, -0.25) is 14.8 Å². The Morgan fingerprint density at radius 1 is 1.19 bits per heavy atom. The van der Waals surface area contributed by atoms with E-state index in [1.807, 2.05) is 32.0 Å². The van der Waals surface area contributed by atoms with Crippen LogP contribution in [0.1, 0.15) is 18.1 Å². The molecule has 0 radical (unpaired) electrons. The molecule has 1 aromatic rings. The molecule has 4 nitrogen and oxygen atoms in total. The highest BCUT2D eigenvalue weighted by Crippen LogP contribution is 2.23. The predicted molar refractivity (Wildman–Crippen MR) is 64.1 cm³/mol. The first-order valence-corrected chi connectivity index (χ1v) is 5.63. The zero-order chi connectivity index (χ0) is 12.1. The van der Waals surface area contributed by atoms with E-state index in [-0.39, 0.29) is 5.91 Å². The molecule has 0 bridgehead atoms. The fraction of sp³-hybridized carbons (Fsp3) is 0.273. The molecule has 16 heavy (non-hydrogen) atoms. The van der Waals surface area contributed by atoms with E-state index in [9.17, 15) is 9.59 Å². The molecule has 0 saturated heterocycles. The van der Waals surface area contributed by atoms with Gasteiger partial charge >= 0.3 is 6.03 Å². The quantitative estimate of drug-likeness (QED) is 0.776. The summed E-state index contributed by atoms with van der Waals surface area (Å²) in [6.45, 7) is 5.24. The Morgan fingerprint density at radius 2 is 1.75 bits per heavy atom. The van der Waals surface area contributed by atoms with Crippen LogP contribution in [0.2, 0.25) is 0 Å². The number of nitrogens with one attached hydrogen (secondary N) is 2. The molecule has 0 aromatic heterocycles. The molecule has 0 aliphatic heterocycles. The summed E-state index contributed by atoms with van der Waals surface area (Å²) in [5.41, 5.74) is 2.18. The molecule has 2 N–H and O–H groups in total. The van der Waals surface area contributed by atoms with E-state index < -0.39 is 6.03 Å². The van der Waals surface area contributed by atoms with Crippen LogP contribution in [0, 0.1) is 13.8 Å². The highest BCUT2D eigenvalue weighted by atomic mass is 32.2. The molecule has 3 amide bonds. The van der Waals surface area contributed by atoms with E-state index in [2.05, 4.69) is 10.0 Å². The first-order chi connectivity index (χ1) is 7.50. The summed E-state index contributed by atoms with van der Waals surface area (Å²) < 4.78 is 2.56. The summed E-state index contributed by atoms with van der Waals surface area (Å²) in [4.78, 5) is 22.8. The van der Waals surface area contributed by atoms with Crippen LogP contribution < -0.4 is 10.0 Å². The first kappa shape index (κ1) is 12.6. The third-order valence-corrected chi connectivity index (χ3v) is 3.08. The molecular weight excluding hydrogens is 224 g/mol. The van der Waals surface area contributed by atoms with Crippen LogP contribution in [0.5, 0.6) is 0 Å². The number of aryl methyl sites for hydroxylation is 2. The number of benzene rings is 1. The van der Waals surface area contributed by atoms with Crippen LogP contribution in [-0.2, 0) is 4.79 Å². The molecule has 0 aliphatic carbocycles. The second kappa shape index (κ2) is 5.55. The van der Waals surface area contributed by atoms with Crippen LogP contribution in [-0.4, -0.2) is 11.9 Å². The van der Waals surface area contributed by atoms with Gasteiger partial charge in [0, 0.05) is 11.8 Å². The van der Waals surface area contributed by atoms with Crippen molar-refractivity contribution in [2.24, 2.45) is 0 Å². The van der Waals surface area contributed by atoms with E-state index in [4.69, 9.17) is 0 Å². The zero-order valence-electron chi connectivity index (χ0n) is 9.46. The standard InChI is InChI=1S/C11H14N2O2S/c1-7-5-4-6-8(2)10(7)16-13-11(15)12-9(3)14/h4-6H,1-3H3,(H2,12,13,14,15). The molecule has 0 heterocycles. The number of carbonyl (C=O) groups is 2. The van der Waals surface area contributed by atoms with E-state index in [0.717, 1.165) is 16.0 Å². The van der Waals surface area contributed by atoms with Gasteiger partial charge in [-0.05, 0) is 36.9 Å². The average Bonchev–Trinajstić information content (AvgIpc) is 2.15. The normalized spacial score (nSPS) is 9.69. The SMILES string of the molecule is CC(=O)NC(=O)NSc1c(C)cccc1C. The molecule has 0 unspecified atom stereocenters. The van der Waals surface area contributed by atoms with Crippen molar-refractivity contribution in [2.45, 2.75) is 25.7 Å². The fourth-order valence-electron chi connectivity index (χ4n) is 1.24. The Morgan fingerprint density at radius 3 is 2.25 bits per heavy atom. The number of imide groups is 1. The van der Waals surface area contributed by atoms with Gasteiger partial charge in [0.25, 0.3) is 0 Å². The Labute approximate surface area is 98.9 Å². The number of urea groups is 1.